The van der Waals surface area contributed by atoms with Gasteiger partial charge in [-0.2, -0.15) is 0 Å². The average molecular weight is 323 g/mol. The quantitative estimate of drug-likeness (QED) is 0.850. The number of nitrogens with two attached hydrogens (primary N) is 1. The Kier molecular flexibility index (Phi) is 5.28. The lowest BCUT2D eigenvalue weighted by atomic mass is 10.1. The summed E-state index contributed by atoms with van der Waals surface area (Å²) in [6, 6.07) is 12.2. The van der Waals surface area contributed by atoms with Crippen LogP contribution in [0.15, 0.2) is 42.5 Å². The lowest BCUT2D eigenvalue weighted by Crippen LogP contribution is -2.21. The monoisotopic (exact) mass is 322 g/mol. The second kappa shape index (κ2) is 6.98. The Morgan fingerprint density at radius 3 is 2.48 bits per heavy atom. The van der Waals surface area contributed by atoms with Crippen molar-refractivity contribution in [3.63, 3.8) is 0 Å². The highest BCUT2D eigenvalue weighted by Crippen LogP contribution is 2.16. The number of hydrogen-bond donors (Lipinski definition) is 1. The van der Waals surface area contributed by atoms with Gasteiger partial charge in [0.05, 0.1) is 0 Å². The molecule has 0 unspecified atom stereocenters. The van der Waals surface area contributed by atoms with Gasteiger partial charge in [0, 0.05) is 23.7 Å². The predicted molar refractivity (Wildman–Crippen MR) is 88.9 cm³/mol. The Hall–Kier alpha value is -1.49. The second-order valence-corrected chi connectivity index (χ2v) is 5.84. The van der Waals surface area contributed by atoms with E-state index in [9.17, 15) is 4.39 Å². The molecule has 0 bridgehead atoms. The molecule has 0 amide bonds. The molecular weight excluding hydrogens is 307 g/mol. The Balaban J connectivity index is 2.10. The third kappa shape index (κ3) is 4.49. The SMILES string of the molecule is CN(Cc1ccc(Cl)cc1)Cc1ccc(F)cc1C(N)=S. The highest BCUT2D eigenvalue weighted by atomic mass is 35.5. The lowest BCUT2D eigenvalue weighted by molar-refractivity contribution is 0.319. The minimum absolute atomic E-state index is 0.212. The topological polar surface area (TPSA) is 29.3 Å². The van der Waals surface area contributed by atoms with E-state index in [2.05, 4.69) is 4.90 Å². The van der Waals surface area contributed by atoms with Crippen molar-refractivity contribution in [2.45, 2.75) is 13.1 Å². The molecule has 21 heavy (non-hydrogen) atoms. The van der Waals surface area contributed by atoms with Gasteiger partial charge in [-0.15, -0.1) is 0 Å². The van der Waals surface area contributed by atoms with E-state index in [0.29, 0.717) is 12.1 Å². The van der Waals surface area contributed by atoms with Crippen LogP contribution < -0.4 is 5.73 Å². The number of halogens is 2. The highest BCUT2D eigenvalue weighted by Gasteiger charge is 2.09. The third-order valence-corrected chi connectivity index (χ3v) is 3.62. The number of benzene rings is 2. The average Bonchev–Trinajstić information content (AvgIpc) is 2.43. The zero-order valence-electron chi connectivity index (χ0n) is 11.6. The first-order valence-electron chi connectivity index (χ1n) is 6.47. The molecule has 0 radical (unpaired) electrons. The fourth-order valence-electron chi connectivity index (χ4n) is 2.16. The molecule has 110 valence electrons. The number of hydrogen-bond acceptors (Lipinski definition) is 2. The first-order chi connectivity index (χ1) is 9.95. The van der Waals surface area contributed by atoms with Crippen LogP contribution in [-0.2, 0) is 13.1 Å². The summed E-state index contributed by atoms with van der Waals surface area (Å²) in [6.45, 7) is 1.39. The van der Waals surface area contributed by atoms with E-state index in [1.165, 1.54) is 12.1 Å². The Morgan fingerprint density at radius 1 is 1.19 bits per heavy atom. The summed E-state index contributed by atoms with van der Waals surface area (Å²) in [5, 5.41) is 0.718. The van der Waals surface area contributed by atoms with Gasteiger partial charge in [0.1, 0.15) is 10.8 Å². The summed E-state index contributed by atoms with van der Waals surface area (Å²) < 4.78 is 13.3. The van der Waals surface area contributed by atoms with Crippen molar-refractivity contribution in [2.24, 2.45) is 5.73 Å². The van der Waals surface area contributed by atoms with Gasteiger partial charge in [-0.1, -0.05) is 42.0 Å². The van der Waals surface area contributed by atoms with Crippen molar-refractivity contribution in [2.75, 3.05) is 7.05 Å². The molecule has 0 heterocycles. The molecular formula is C16H16ClFN2S. The number of rotatable bonds is 5. The summed E-state index contributed by atoms with van der Waals surface area (Å²) in [5.74, 6) is -0.332. The van der Waals surface area contributed by atoms with Crippen LogP contribution in [0.5, 0.6) is 0 Å². The van der Waals surface area contributed by atoms with Gasteiger partial charge in [0.15, 0.2) is 0 Å². The van der Waals surface area contributed by atoms with Crippen LogP contribution in [0.1, 0.15) is 16.7 Å². The van der Waals surface area contributed by atoms with Crippen molar-refractivity contribution in [3.05, 3.63) is 70.0 Å². The van der Waals surface area contributed by atoms with E-state index in [0.717, 1.165) is 22.7 Å². The summed E-state index contributed by atoms with van der Waals surface area (Å²) in [5.41, 5.74) is 8.32. The van der Waals surface area contributed by atoms with E-state index in [4.69, 9.17) is 29.6 Å². The summed E-state index contributed by atoms with van der Waals surface area (Å²) in [6.07, 6.45) is 0. The first kappa shape index (κ1) is 15.9. The number of nitrogens with zero attached hydrogens (tertiary/aromatic N) is 1. The van der Waals surface area contributed by atoms with Crippen LogP contribution in [0.2, 0.25) is 5.02 Å². The van der Waals surface area contributed by atoms with E-state index in [1.807, 2.05) is 31.3 Å². The van der Waals surface area contributed by atoms with Gasteiger partial charge >= 0.3 is 0 Å². The standard InChI is InChI=1S/C16H16ClFN2S/c1-20(9-11-2-5-13(17)6-3-11)10-12-4-7-14(18)8-15(12)16(19)21/h2-8H,9-10H2,1H3,(H2,19,21). The van der Waals surface area contributed by atoms with E-state index >= 15 is 0 Å². The van der Waals surface area contributed by atoms with Crippen molar-refractivity contribution < 1.29 is 4.39 Å². The minimum atomic E-state index is -0.332. The molecule has 0 aromatic heterocycles. The molecule has 0 saturated heterocycles. The van der Waals surface area contributed by atoms with Gasteiger partial charge in [-0.3, -0.25) is 4.90 Å². The van der Waals surface area contributed by atoms with Gasteiger partial charge in [-0.05, 0) is 42.4 Å². The largest absolute Gasteiger partial charge is 0.389 e. The third-order valence-electron chi connectivity index (χ3n) is 3.14. The van der Waals surface area contributed by atoms with Gasteiger partial charge < -0.3 is 5.73 Å². The summed E-state index contributed by atoms with van der Waals surface area (Å²) in [7, 11) is 1.99. The Bertz CT molecular complexity index is 643. The van der Waals surface area contributed by atoms with E-state index < -0.39 is 0 Å². The van der Waals surface area contributed by atoms with Crippen LogP contribution >= 0.6 is 23.8 Å². The van der Waals surface area contributed by atoms with Crippen molar-refractivity contribution in [3.8, 4) is 0 Å². The highest BCUT2D eigenvalue weighted by molar-refractivity contribution is 7.80. The van der Waals surface area contributed by atoms with Crippen LogP contribution in [-0.4, -0.2) is 16.9 Å². The molecule has 0 fully saturated rings. The zero-order valence-corrected chi connectivity index (χ0v) is 13.2. The summed E-state index contributed by atoms with van der Waals surface area (Å²) in [4.78, 5) is 2.32. The Labute approximate surface area is 134 Å². The molecule has 0 spiro atoms. The molecule has 5 heteroatoms. The predicted octanol–water partition coefficient (Wildman–Crippen LogP) is 3.75. The maximum Gasteiger partial charge on any atom is 0.123 e. The molecule has 0 aliphatic heterocycles. The fraction of sp³-hybridized carbons (Fsp3) is 0.188. The maximum absolute atomic E-state index is 13.3. The normalized spacial score (nSPS) is 10.9. The number of thiocarbonyl (C=S) groups is 1. The van der Waals surface area contributed by atoms with Crippen LogP contribution in [0.3, 0.4) is 0 Å². The minimum Gasteiger partial charge on any atom is -0.389 e. The van der Waals surface area contributed by atoms with Crippen molar-refractivity contribution >= 4 is 28.8 Å². The molecule has 2 rings (SSSR count). The fourth-order valence-corrected chi connectivity index (χ4v) is 2.48. The lowest BCUT2D eigenvalue weighted by Gasteiger charge is -2.19. The van der Waals surface area contributed by atoms with Crippen LogP contribution in [0, 0.1) is 5.82 Å². The molecule has 2 nitrogen and oxygen atoms in total. The molecule has 0 saturated carbocycles. The van der Waals surface area contributed by atoms with Crippen LogP contribution in [0.25, 0.3) is 0 Å². The first-order valence-corrected chi connectivity index (χ1v) is 7.25. The van der Waals surface area contributed by atoms with Gasteiger partial charge in [-0.25, -0.2) is 4.39 Å². The van der Waals surface area contributed by atoms with E-state index in [1.54, 1.807) is 6.07 Å². The molecule has 2 aromatic rings. The molecule has 2 N–H and O–H groups in total. The smallest absolute Gasteiger partial charge is 0.123 e. The van der Waals surface area contributed by atoms with E-state index in [-0.39, 0.29) is 10.8 Å². The zero-order chi connectivity index (χ0) is 15.4. The second-order valence-electron chi connectivity index (χ2n) is 4.96. The van der Waals surface area contributed by atoms with Crippen molar-refractivity contribution in [1.29, 1.82) is 0 Å². The van der Waals surface area contributed by atoms with Crippen molar-refractivity contribution in [1.82, 2.24) is 4.90 Å². The van der Waals surface area contributed by atoms with Crippen LogP contribution in [0.4, 0.5) is 4.39 Å². The maximum atomic E-state index is 13.3. The molecule has 0 aliphatic carbocycles. The van der Waals surface area contributed by atoms with Gasteiger partial charge in [0.2, 0.25) is 0 Å². The molecule has 0 atom stereocenters. The Morgan fingerprint density at radius 2 is 1.86 bits per heavy atom. The molecule has 2 aromatic carbocycles. The molecule has 0 aliphatic rings. The summed E-state index contributed by atoms with van der Waals surface area (Å²) >= 11 is 10.9. The van der Waals surface area contributed by atoms with Gasteiger partial charge in [0.25, 0.3) is 0 Å².